The van der Waals surface area contributed by atoms with E-state index < -0.39 is 21.4 Å². The van der Waals surface area contributed by atoms with Crippen molar-refractivity contribution in [2.24, 2.45) is 0 Å². The Bertz CT molecular complexity index is 739. The number of hydrogen-bond donors (Lipinski definition) is 0. The summed E-state index contributed by atoms with van der Waals surface area (Å²) in [5.74, 6) is -0.991. The Kier molecular flexibility index (Phi) is 4.82. The van der Waals surface area contributed by atoms with Crippen LogP contribution in [0.1, 0.15) is 10.4 Å². The lowest BCUT2D eigenvalue weighted by atomic mass is 10.2. The van der Waals surface area contributed by atoms with Gasteiger partial charge in [0.1, 0.15) is 5.75 Å². The highest BCUT2D eigenvalue weighted by Gasteiger charge is 2.20. The van der Waals surface area contributed by atoms with Gasteiger partial charge < -0.3 is 0 Å². The Balaban J connectivity index is 2.24. The lowest BCUT2D eigenvalue weighted by Gasteiger charge is -2.05. The summed E-state index contributed by atoms with van der Waals surface area (Å²) in [6, 6.07) is 12.7. The van der Waals surface area contributed by atoms with Crippen molar-refractivity contribution in [3.8, 4) is 0 Å². The van der Waals surface area contributed by atoms with Crippen LogP contribution in [0, 0.1) is 3.57 Å². The van der Waals surface area contributed by atoms with Crippen molar-refractivity contribution < 1.29 is 13.2 Å². The lowest BCUT2D eigenvalue weighted by molar-refractivity contribution is 0.102. The molecule has 20 heavy (non-hydrogen) atoms. The number of Topliss-reactive ketones (excluding diaryl/α,β-unsaturated/α-hetero) is 1. The fourth-order valence-corrected chi connectivity index (χ4v) is 3.52. The summed E-state index contributed by atoms with van der Waals surface area (Å²) in [7, 11) is -3.68. The molecule has 0 radical (unpaired) electrons. The van der Waals surface area contributed by atoms with E-state index in [2.05, 4.69) is 22.6 Å². The minimum Gasteiger partial charge on any atom is -0.293 e. The molecule has 0 aliphatic carbocycles. The largest absolute Gasteiger partial charge is 0.293 e. The molecule has 0 saturated heterocycles. The maximum absolute atomic E-state index is 12.2. The van der Waals surface area contributed by atoms with E-state index >= 15 is 0 Å². The molecule has 0 aliphatic heterocycles. The number of ketones is 1. The summed E-state index contributed by atoms with van der Waals surface area (Å²) in [6.07, 6.45) is 0. The van der Waals surface area contributed by atoms with Crippen molar-refractivity contribution in [2.75, 3.05) is 5.75 Å². The molecule has 3 nitrogen and oxygen atoms in total. The smallest absolute Gasteiger partial charge is 0.185 e. The van der Waals surface area contributed by atoms with Crippen LogP contribution in [-0.2, 0) is 9.84 Å². The summed E-state index contributed by atoms with van der Waals surface area (Å²) >= 11 is 7.89. The third-order valence-corrected chi connectivity index (χ3v) is 5.21. The number of carbonyl (C=O) groups is 1. The molecule has 2 aromatic rings. The first kappa shape index (κ1) is 15.5. The van der Waals surface area contributed by atoms with Gasteiger partial charge in [-0.15, -0.1) is 0 Å². The number of benzene rings is 2. The summed E-state index contributed by atoms with van der Waals surface area (Å²) in [6.45, 7) is 0. The average Bonchev–Trinajstić information content (AvgIpc) is 2.39. The van der Waals surface area contributed by atoms with Crippen molar-refractivity contribution in [1.82, 2.24) is 0 Å². The van der Waals surface area contributed by atoms with Crippen LogP contribution < -0.4 is 0 Å². The van der Waals surface area contributed by atoms with Gasteiger partial charge in [-0.1, -0.05) is 29.8 Å². The Morgan fingerprint density at radius 3 is 2.35 bits per heavy atom. The van der Waals surface area contributed by atoms with Gasteiger partial charge in [-0.05, 0) is 52.9 Å². The van der Waals surface area contributed by atoms with Crippen molar-refractivity contribution in [2.45, 2.75) is 4.90 Å². The monoisotopic (exact) mass is 420 g/mol. The van der Waals surface area contributed by atoms with Gasteiger partial charge in [-0.3, -0.25) is 4.79 Å². The summed E-state index contributed by atoms with van der Waals surface area (Å²) in [5.41, 5.74) is 0.385. The summed E-state index contributed by atoms with van der Waals surface area (Å²) in [4.78, 5) is 12.1. The van der Waals surface area contributed by atoms with Gasteiger partial charge in [-0.2, -0.15) is 0 Å². The molecule has 2 aromatic carbocycles. The van der Waals surface area contributed by atoms with E-state index in [1.807, 2.05) is 0 Å². The zero-order chi connectivity index (χ0) is 14.8. The van der Waals surface area contributed by atoms with Crippen molar-refractivity contribution >= 4 is 49.8 Å². The second-order valence-electron chi connectivity index (χ2n) is 4.15. The third kappa shape index (κ3) is 3.80. The van der Waals surface area contributed by atoms with Crippen molar-refractivity contribution in [1.29, 1.82) is 0 Å². The second-order valence-corrected chi connectivity index (χ2v) is 7.82. The molecule has 0 atom stereocenters. The van der Waals surface area contributed by atoms with E-state index in [-0.39, 0.29) is 4.90 Å². The maximum atomic E-state index is 12.2. The number of halogens is 2. The quantitative estimate of drug-likeness (QED) is 0.561. The van der Waals surface area contributed by atoms with Crippen LogP contribution >= 0.6 is 34.2 Å². The zero-order valence-electron chi connectivity index (χ0n) is 10.2. The molecule has 0 N–H and O–H groups in total. The topological polar surface area (TPSA) is 51.2 Å². The van der Waals surface area contributed by atoms with Crippen LogP contribution in [0.15, 0.2) is 53.4 Å². The average molecular weight is 421 g/mol. The predicted octanol–water partition coefficient (Wildman–Crippen LogP) is 3.60. The molecule has 0 aliphatic rings. The van der Waals surface area contributed by atoms with Crippen LogP contribution in [0.5, 0.6) is 0 Å². The fourth-order valence-electron chi connectivity index (χ4n) is 1.64. The molecule has 0 aromatic heterocycles. The second kappa shape index (κ2) is 6.24. The Morgan fingerprint density at radius 2 is 1.75 bits per heavy atom. The van der Waals surface area contributed by atoms with Gasteiger partial charge in [0.25, 0.3) is 0 Å². The van der Waals surface area contributed by atoms with Gasteiger partial charge in [0.05, 0.1) is 4.90 Å². The van der Waals surface area contributed by atoms with E-state index in [0.29, 0.717) is 10.6 Å². The van der Waals surface area contributed by atoms with Gasteiger partial charge in [0, 0.05) is 14.2 Å². The first-order chi connectivity index (χ1) is 9.38. The predicted molar refractivity (Wildman–Crippen MR) is 87.0 cm³/mol. The van der Waals surface area contributed by atoms with E-state index in [1.165, 1.54) is 12.1 Å². The van der Waals surface area contributed by atoms with Gasteiger partial charge in [-0.25, -0.2) is 8.42 Å². The molecule has 0 spiro atoms. The maximum Gasteiger partial charge on any atom is 0.185 e. The van der Waals surface area contributed by atoms with E-state index in [4.69, 9.17) is 11.6 Å². The lowest BCUT2D eigenvalue weighted by Crippen LogP contribution is -2.16. The standard InChI is InChI=1S/C14H10ClIO3S/c15-11-2-1-3-13(8-11)20(18,19)9-14(17)10-4-6-12(16)7-5-10/h1-8H,9H2. The van der Waals surface area contributed by atoms with E-state index in [0.717, 1.165) is 3.57 Å². The van der Waals surface area contributed by atoms with Crippen LogP contribution in [0.25, 0.3) is 0 Å². The van der Waals surface area contributed by atoms with Crippen molar-refractivity contribution in [3.63, 3.8) is 0 Å². The number of rotatable bonds is 4. The normalized spacial score (nSPS) is 11.3. The van der Waals surface area contributed by atoms with Gasteiger partial charge in [0.2, 0.25) is 0 Å². The van der Waals surface area contributed by atoms with E-state index in [9.17, 15) is 13.2 Å². The zero-order valence-corrected chi connectivity index (χ0v) is 13.9. The highest BCUT2D eigenvalue weighted by Crippen LogP contribution is 2.18. The highest BCUT2D eigenvalue weighted by molar-refractivity contribution is 14.1. The third-order valence-electron chi connectivity index (χ3n) is 2.64. The van der Waals surface area contributed by atoms with Gasteiger partial charge in [0.15, 0.2) is 15.6 Å². The molecule has 6 heteroatoms. The summed E-state index contributed by atoms with van der Waals surface area (Å²) in [5, 5.41) is 0.327. The van der Waals surface area contributed by atoms with Gasteiger partial charge >= 0.3 is 0 Å². The first-order valence-electron chi connectivity index (χ1n) is 5.65. The van der Waals surface area contributed by atoms with Crippen molar-refractivity contribution in [3.05, 3.63) is 62.7 Å². The Morgan fingerprint density at radius 1 is 1.10 bits per heavy atom. The molecule has 2 rings (SSSR count). The minimum absolute atomic E-state index is 0.0591. The molecule has 0 heterocycles. The highest BCUT2D eigenvalue weighted by atomic mass is 127. The van der Waals surface area contributed by atoms with Crippen LogP contribution in [0.4, 0.5) is 0 Å². The number of sulfone groups is 1. The molecule has 0 amide bonds. The Hall–Kier alpha value is -0.920. The number of carbonyl (C=O) groups excluding carboxylic acids is 1. The molecular weight excluding hydrogens is 411 g/mol. The molecule has 104 valence electrons. The van der Waals surface area contributed by atoms with Crippen LogP contribution in [0.2, 0.25) is 5.02 Å². The summed E-state index contributed by atoms with van der Waals surface area (Å²) < 4.78 is 25.3. The van der Waals surface area contributed by atoms with Crippen LogP contribution in [0.3, 0.4) is 0 Å². The first-order valence-corrected chi connectivity index (χ1v) is 8.76. The van der Waals surface area contributed by atoms with E-state index in [1.54, 1.807) is 36.4 Å². The van der Waals surface area contributed by atoms with Crippen LogP contribution in [-0.4, -0.2) is 20.0 Å². The SMILES string of the molecule is O=C(CS(=O)(=O)c1cccc(Cl)c1)c1ccc(I)cc1. The molecular formula is C14H10ClIO3S. The molecule has 0 saturated carbocycles. The fraction of sp³-hybridized carbons (Fsp3) is 0.0714. The molecule has 0 fully saturated rings. The Labute approximate surface area is 136 Å². The number of hydrogen-bond acceptors (Lipinski definition) is 3. The minimum atomic E-state index is -3.68. The molecule has 0 unspecified atom stereocenters. The molecule has 0 bridgehead atoms.